The lowest BCUT2D eigenvalue weighted by Gasteiger charge is -2.40. The van der Waals surface area contributed by atoms with Crippen LogP contribution in [-0.4, -0.2) is 80.4 Å². The van der Waals surface area contributed by atoms with Crippen LogP contribution in [0.1, 0.15) is 55.2 Å². The average Bonchev–Trinajstić information content (AvgIpc) is 3.27. The maximum absolute atomic E-state index is 12.9. The fourth-order valence-electron chi connectivity index (χ4n) is 5.20. The Morgan fingerprint density at radius 3 is 2.63 bits per heavy atom. The standard InChI is InChI=1S/C30H36N8O3/c1-20-25(15-32-19-34-20)28(39)35-30(4)8-10-37(11-9-30)26-7-6-21(14-33-26)24-12-23(41-18-29(2,3)40)17-38-27(24)22(13-31)16-36(38)5/h6-7,12,14-15,17,19,40H,8-11,16,18H2,1-5H3,(H,35,39). The van der Waals surface area contributed by atoms with Gasteiger partial charge in [0.2, 0.25) is 0 Å². The Balaban J connectivity index is 1.30. The minimum Gasteiger partial charge on any atom is -0.489 e. The van der Waals surface area contributed by atoms with Crippen molar-refractivity contribution < 1.29 is 14.6 Å². The number of nitrogens with zero attached hydrogens (tertiary/aromatic N) is 7. The van der Waals surface area contributed by atoms with Crippen LogP contribution in [-0.2, 0) is 4.74 Å². The van der Waals surface area contributed by atoms with Crippen molar-refractivity contribution >= 4 is 17.3 Å². The molecule has 5 heterocycles. The largest absolute Gasteiger partial charge is 0.489 e. The number of aliphatic hydroxyl groups is 1. The van der Waals surface area contributed by atoms with Gasteiger partial charge in [-0.2, -0.15) is 5.26 Å². The predicted octanol–water partition coefficient (Wildman–Crippen LogP) is 2.93. The topological polar surface area (TPSA) is 131 Å². The van der Waals surface area contributed by atoms with Gasteiger partial charge in [-0.05, 0) is 58.7 Å². The van der Waals surface area contributed by atoms with Crippen LogP contribution in [0.15, 0.2) is 60.2 Å². The van der Waals surface area contributed by atoms with Crippen LogP contribution < -0.4 is 10.2 Å². The van der Waals surface area contributed by atoms with Gasteiger partial charge in [0, 0.05) is 49.2 Å². The number of rotatable bonds is 7. The fourth-order valence-corrected chi connectivity index (χ4v) is 5.20. The van der Waals surface area contributed by atoms with E-state index < -0.39 is 5.60 Å². The molecular weight excluding hydrogens is 520 g/mol. The molecule has 214 valence electrons. The summed E-state index contributed by atoms with van der Waals surface area (Å²) in [6.07, 6.45) is 10.1. The maximum atomic E-state index is 12.9. The molecule has 0 unspecified atom stereocenters. The normalized spacial score (nSPS) is 18.9. The molecule has 41 heavy (non-hydrogen) atoms. The first-order chi connectivity index (χ1) is 19.5. The van der Waals surface area contributed by atoms with Crippen molar-refractivity contribution in [2.45, 2.75) is 51.7 Å². The van der Waals surface area contributed by atoms with Crippen molar-refractivity contribution in [2.24, 2.45) is 0 Å². The van der Waals surface area contributed by atoms with Crippen molar-refractivity contribution in [2.75, 3.05) is 38.2 Å². The quantitative estimate of drug-likeness (QED) is 0.525. The van der Waals surface area contributed by atoms with Gasteiger partial charge in [0.1, 0.15) is 24.5 Å². The second kappa shape index (κ2) is 11.0. The highest BCUT2D eigenvalue weighted by molar-refractivity contribution is 5.95. The Labute approximate surface area is 240 Å². The van der Waals surface area contributed by atoms with Gasteiger partial charge >= 0.3 is 0 Å². The van der Waals surface area contributed by atoms with Crippen molar-refractivity contribution in [1.29, 1.82) is 5.26 Å². The number of allylic oxidation sites excluding steroid dienone is 2. The molecule has 0 aliphatic carbocycles. The molecule has 0 aromatic carbocycles. The minimum atomic E-state index is -0.981. The summed E-state index contributed by atoms with van der Waals surface area (Å²) in [5.41, 5.74) is 3.01. The third kappa shape index (κ3) is 6.09. The molecule has 3 aliphatic rings. The number of fused-ring (bicyclic) bond motifs is 1. The molecule has 1 saturated heterocycles. The number of ether oxygens (including phenoxy) is 1. The van der Waals surface area contributed by atoms with Crippen LogP contribution in [0, 0.1) is 18.3 Å². The first-order valence-electron chi connectivity index (χ1n) is 13.7. The molecule has 2 aromatic heterocycles. The smallest absolute Gasteiger partial charge is 0.255 e. The van der Waals surface area contributed by atoms with E-state index in [0.717, 1.165) is 48.6 Å². The summed E-state index contributed by atoms with van der Waals surface area (Å²) in [5.74, 6) is 1.30. The van der Waals surface area contributed by atoms with Crippen molar-refractivity contribution in [3.8, 4) is 6.07 Å². The molecule has 11 heteroatoms. The predicted molar refractivity (Wildman–Crippen MR) is 154 cm³/mol. The SMILES string of the molecule is Cc1ncncc1C(=O)NC1(C)CCN(c2ccc(C3=CC(OCC(C)(C)O)=CN4C3=C(C#N)CN4C)cn2)CC1. The van der Waals surface area contributed by atoms with Gasteiger partial charge in [0.25, 0.3) is 5.91 Å². The number of anilines is 1. The Morgan fingerprint density at radius 1 is 1.24 bits per heavy atom. The van der Waals surface area contributed by atoms with Gasteiger partial charge in [-0.3, -0.25) is 9.80 Å². The Hall–Kier alpha value is -4.27. The average molecular weight is 557 g/mol. The highest BCUT2D eigenvalue weighted by Crippen LogP contribution is 2.39. The van der Waals surface area contributed by atoms with Gasteiger partial charge in [-0.15, -0.1) is 0 Å². The number of likely N-dealkylation sites (N-methyl/N-ethyl adjacent to an activating group) is 1. The molecule has 0 atom stereocenters. The lowest BCUT2D eigenvalue weighted by Crippen LogP contribution is -2.53. The first-order valence-corrected chi connectivity index (χ1v) is 13.7. The third-order valence-corrected chi connectivity index (χ3v) is 7.61. The number of pyridine rings is 1. The van der Waals surface area contributed by atoms with Gasteiger partial charge in [-0.25, -0.2) is 20.0 Å². The molecule has 5 rings (SSSR count). The molecule has 0 spiro atoms. The van der Waals surface area contributed by atoms with Crippen LogP contribution in [0.3, 0.4) is 0 Å². The molecule has 0 bridgehead atoms. The van der Waals surface area contributed by atoms with E-state index in [9.17, 15) is 15.2 Å². The van der Waals surface area contributed by atoms with E-state index in [2.05, 4.69) is 33.2 Å². The van der Waals surface area contributed by atoms with E-state index in [4.69, 9.17) is 9.72 Å². The molecule has 0 radical (unpaired) electrons. The van der Waals surface area contributed by atoms with Gasteiger partial charge in [0.05, 0.1) is 46.9 Å². The summed E-state index contributed by atoms with van der Waals surface area (Å²) in [5, 5.41) is 27.0. The van der Waals surface area contributed by atoms with Crippen LogP contribution in [0.4, 0.5) is 5.82 Å². The number of nitriles is 1. The summed E-state index contributed by atoms with van der Waals surface area (Å²) in [7, 11) is 1.92. The molecule has 2 N–H and O–H groups in total. The third-order valence-electron chi connectivity index (χ3n) is 7.61. The van der Waals surface area contributed by atoms with Crippen molar-refractivity contribution in [1.82, 2.24) is 30.3 Å². The molecule has 3 aliphatic heterocycles. The number of hydrogen-bond donors (Lipinski definition) is 2. The van der Waals surface area contributed by atoms with E-state index >= 15 is 0 Å². The summed E-state index contributed by atoms with van der Waals surface area (Å²) in [6, 6.07) is 6.35. The zero-order chi connectivity index (χ0) is 29.4. The van der Waals surface area contributed by atoms with E-state index in [-0.39, 0.29) is 18.1 Å². The number of amides is 1. The molecular formula is C30H36N8O3. The van der Waals surface area contributed by atoms with Crippen LogP contribution in [0.25, 0.3) is 5.57 Å². The second-order valence-electron chi connectivity index (χ2n) is 11.7. The number of piperidine rings is 1. The summed E-state index contributed by atoms with van der Waals surface area (Å²) >= 11 is 0. The molecule has 2 aromatic rings. The van der Waals surface area contributed by atoms with Gasteiger partial charge in [0.15, 0.2) is 0 Å². The van der Waals surface area contributed by atoms with Crippen LogP contribution in [0.2, 0.25) is 0 Å². The Kier molecular flexibility index (Phi) is 7.55. The van der Waals surface area contributed by atoms with E-state index in [1.807, 2.05) is 47.7 Å². The Morgan fingerprint density at radius 2 is 2.00 bits per heavy atom. The lowest BCUT2D eigenvalue weighted by molar-refractivity contribution is 0.00296. The number of nitrogens with one attached hydrogen (secondary N) is 1. The number of aryl methyl sites for hydroxylation is 1. The van der Waals surface area contributed by atoms with E-state index in [1.165, 1.54) is 6.33 Å². The van der Waals surface area contributed by atoms with Gasteiger partial charge < -0.3 is 20.1 Å². The zero-order valence-corrected chi connectivity index (χ0v) is 24.2. The second-order valence-corrected chi connectivity index (χ2v) is 11.7. The van der Waals surface area contributed by atoms with Crippen molar-refractivity contribution in [3.05, 3.63) is 77.0 Å². The molecule has 11 nitrogen and oxygen atoms in total. The first kappa shape index (κ1) is 28.3. The molecule has 0 saturated carbocycles. The molecule has 1 fully saturated rings. The number of carbonyl (C=O) groups is 1. The number of hydrogen-bond acceptors (Lipinski definition) is 10. The number of aromatic nitrogens is 3. The number of carbonyl (C=O) groups excluding carboxylic acids is 1. The highest BCUT2D eigenvalue weighted by atomic mass is 16.5. The van der Waals surface area contributed by atoms with Gasteiger partial charge in [-0.1, -0.05) is 0 Å². The zero-order valence-electron chi connectivity index (χ0n) is 24.2. The summed E-state index contributed by atoms with van der Waals surface area (Å²) in [4.78, 5) is 28.0. The fraction of sp³-hybridized carbons (Fsp3) is 0.433. The molecule has 1 amide bonds. The summed E-state index contributed by atoms with van der Waals surface area (Å²) in [6.45, 7) is 9.39. The monoisotopic (exact) mass is 556 g/mol. The Bertz CT molecular complexity index is 1460. The van der Waals surface area contributed by atoms with Crippen LogP contribution in [0.5, 0.6) is 0 Å². The highest BCUT2D eigenvalue weighted by Gasteiger charge is 2.35. The minimum absolute atomic E-state index is 0.134. The van der Waals surface area contributed by atoms with Crippen LogP contribution >= 0.6 is 0 Å². The number of hydrazine groups is 1. The van der Waals surface area contributed by atoms with E-state index in [1.54, 1.807) is 27.0 Å². The summed E-state index contributed by atoms with van der Waals surface area (Å²) < 4.78 is 5.92. The lowest BCUT2D eigenvalue weighted by atomic mass is 9.89. The van der Waals surface area contributed by atoms with Crippen molar-refractivity contribution in [3.63, 3.8) is 0 Å². The van der Waals surface area contributed by atoms with E-state index in [0.29, 0.717) is 29.1 Å². The maximum Gasteiger partial charge on any atom is 0.255 e.